The molecule has 0 atom stereocenters. The van der Waals surface area contributed by atoms with Gasteiger partial charge in [-0.25, -0.2) is 16.8 Å². The van der Waals surface area contributed by atoms with Crippen LogP contribution in [0.1, 0.15) is 15.9 Å². The van der Waals surface area contributed by atoms with Gasteiger partial charge < -0.3 is 5.32 Å². The van der Waals surface area contributed by atoms with Crippen molar-refractivity contribution < 1.29 is 21.6 Å². The van der Waals surface area contributed by atoms with Gasteiger partial charge in [-0.05, 0) is 36.2 Å². The third-order valence-electron chi connectivity index (χ3n) is 4.35. The molecule has 1 heterocycles. The number of sulfonamides is 1. The van der Waals surface area contributed by atoms with Gasteiger partial charge in [-0.15, -0.1) is 0 Å². The van der Waals surface area contributed by atoms with Crippen LogP contribution in [-0.4, -0.2) is 47.8 Å². The van der Waals surface area contributed by atoms with E-state index in [9.17, 15) is 21.6 Å². The summed E-state index contributed by atoms with van der Waals surface area (Å²) >= 11 is 0. The summed E-state index contributed by atoms with van der Waals surface area (Å²) in [5.74, 6) is -0.753. The molecule has 0 aromatic heterocycles. The fourth-order valence-electron chi connectivity index (χ4n) is 2.97. The predicted molar refractivity (Wildman–Crippen MR) is 103 cm³/mol. The van der Waals surface area contributed by atoms with E-state index in [2.05, 4.69) is 5.32 Å². The average molecular weight is 409 g/mol. The Kier molecular flexibility index (Phi) is 5.25. The first kappa shape index (κ1) is 19.4. The first-order chi connectivity index (χ1) is 12.7. The van der Waals surface area contributed by atoms with Crippen LogP contribution >= 0.6 is 0 Å². The van der Waals surface area contributed by atoms with Crippen molar-refractivity contribution in [2.75, 3.05) is 29.4 Å². The molecule has 0 unspecified atom stereocenters. The maximum Gasteiger partial charge on any atom is 0.251 e. The van der Waals surface area contributed by atoms with Crippen LogP contribution in [0.5, 0.6) is 0 Å². The number of nitrogens with one attached hydrogen (secondary N) is 1. The van der Waals surface area contributed by atoms with Gasteiger partial charge in [0.25, 0.3) is 5.91 Å². The fourth-order valence-corrected chi connectivity index (χ4v) is 5.07. The van der Waals surface area contributed by atoms with E-state index in [4.69, 9.17) is 0 Å². The number of hydrogen-bond donors (Lipinski definition) is 1. The number of fused-ring (bicyclic) bond motifs is 1. The number of hydrogen-bond acceptors (Lipinski definition) is 5. The zero-order valence-electron chi connectivity index (χ0n) is 14.8. The summed E-state index contributed by atoms with van der Waals surface area (Å²) in [7, 11) is -6.98. The molecule has 0 bridgehead atoms. The Morgan fingerprint density at radius 1 is 1.07 bits per heavy atom. The lowest BCUT2D eigenvalue weighted by atomic mass is 10.2. The van der Waals surface area contributed by atoms with Crippen LogP contribution in [0.4, 0.5) is 5.69 Å². The largest absolute Gasteiger partial charge is 0.351 e. The second-order valence-electron chi connectivity index (χ2n) is 6.32. The van der Waals surface area contributed by atoms with Gasteiger partial charge in [-0.2, -0.15) is 0 Å². The second-order valence-corrected chi connectivity index (χ2v) is 10.4. The smallest absolute Gasteiger partial charge is 0.251 e. The molecule has 9 heteroatoms. The summed E-state index contributed by atoms with van der Waals surface area (Å²) < 4.78 is 49.7. The first-order valence-corrected chi connectivity index (χ1v) is 11.9. The quantitative estimate of drug-likeness (QED) is 0.774. The number of para-hydroxylation sites is 1. The van der Waals surface area contributed by atoms with Crippen LogP contribution in [-0.2, 0) is 26.3 Å². The highest BCUT2D eigenvalue weighted by Gasteiger charge is 2.28. The van der Waals surface area contributed by atoms with Gasteiger partial charge in [0.05, 0.1) is 16.3 Å². The number of benzene rings is 2. The molecular weight excluding hydrogens is 388 g/mol. The van der Waals surface area contributed by atoms with E-state index in [1.165, 1.54) is 28.6 Å². The zero-order valence-corrected chi connectivity index (χ0v) is 16.4. The number of amides is 1. The van der Waals surface area contributed by atoms with Crippen LogP contribution < -0.4 is 9.62 Å². The molecule has 1 amide bonds. The Balaban J connectivity index is 1.64. The topological polar surface area (TPSA) is 101 Å². The number of sulfone groups is 1. The van der Waals surface area contributed by atoms with E-state index in [1.807, 2.05) is 12.1 Å². The van der Waals surface area contributed by atoms with Gasteiger partial charge in [0.15, 0.2) is 9.84 Å². The van der Waals surface area contributed by atoms with Crippen LogP contribution in [0.2, 0.25) is 0 Å². The van der Waals surface area contributed by atoms with E-state index >= 15 is 0 Å². The van der Waals surface area contributed by atoms with E-state index in [0.29, 0.717) is 18.7 Å². The van der Waals surface area contributed by atoms with E-state index in [1.54, 1.807) is 12.1 Å². The van der Waals surface area contributed by atoms with Crippen molar-refractivity contribution in [1.82, 2.24) is 5.32 Å². The van der Waals surface area contributed by atoms with Crippen LogP contribution in [0.25, 0.3) is 0 Å². The lowest BCUT2D eigenvalue weighted by Gasteiger charge is -2.19. The Morgan fingerprint density at radius 3 is 2.56 bits per heavy atom. The van der Waals surface area contributed by atoms with E-state index in [-0.39, 0.29) is 22.8 Å². The molecule has 0 spiro atoms. The predicted octanol–water partition coefficient (Wildman–Crippen LogP) is 1.21. The van der Waals surface area contributed by atoms with Crippen molar-refractivity contribution in [3.8, 4) is 0 Å². The Labute approximate surface area is 159 Å². The number of carbonyl (C=O) groups excluding carboxylic acids is 1. The molecular formula is C18H20N2O5S2. The Bertz CT molecular complexity index is 1080. The summed E-state index contributed by atoms with van der Waals surface area (Å²) in [4.78, 5) is 12.3. The minimum Gasteiger partial charge on any atom is -0.351 e. The summed E-state index contributed by atoms with van der Waals surface area (Å²) in [6.45, 7) is 0.328. The van der Waals surface area contributed by atoms with Gasteiger partial charge in [0.1, 0.15) is 0 Å². The number of nitrogens with zero attached hydrogens (tertiary/aromatic N) is 1. The molecule has 0 aliphatic carbocycles. The van der Waals surface area contributed by atoms with Crippen LogP contribution in [0.15, 0.2) is 53.4 Å². The molecule has 1 aliphatic rings. The van der Waals surface area contributed by atoms with Crippen LogP contribution in [0, 0.1) is 0 Å². The maximum absolute atomic E-state index is 12.6. The number of anilines is 1. The molecule has 27 heavy (non-hydrogen) atoms. The monoisotopic (exact) mass is 408 g/mol. The first-order valence-electron chi connectivity index (χ1n) is 8.35. The second kappa shape index (κ2) is 7.32. The van der Waals surface area contributed by atoms with Crippen molar-refractivity contribution >= 4 is 31.5 Å². The summed E-state index contributed by atoms with van der Waals surface area (Å²) in [6.07, 6.45) is 1.73. The third-order valence-corrected chi connectivity index (χ3v) is 7.23. The van der Waals surface area contributed by atoms with Gasteiger partial charge >= 0.3 is 0 Å². The molecule has 0 fully saturated rings. The molecule has 0 saturated carbocycles. The highest BCUT2D eigenvalue weighted by molar-refractivity contribution is 7.92. The number of rotatable bonds is 6. The normalized spacial score (nSPS) is 14.0. The summed E-state index contributed by atoms with van der Waals surface area (Å²) in [5, 5.41) is 2.54. The summed E-state index contributed by atoms with van der Waals surface area (Å²) in [5.41, 5.74) is 1.84. The fraction of sp³-hybridized carbons (Fsp3) is 0.278. The highest BCUT2D eigenvalue weighted by atomic mass is 32.2. The molecule has 1 aliphatic heterocycles. The van der Waals surface area contributed by atoms with E-state index < -0.39 is 25.8 Å². The van der Waals surface area contributed by atoms with Crippen molar-refractivity contribution in [2.45, 2.75) is 11.3 Å². The Morgan fingerprint density at radius 2 is 1.81 bits per heavy atom. The van der Waals surface area contributed by atoms with Gasteiger partial charge in [-0.3, -0.25) is 9.10 Å². The molecule has 0 saturated heterocycles. The standard InChI is InChI=1S/C18H20N2O5S2/c1-26(22,23)16-7-4-6-15(13-16)18(21)19-10-12-27(24,25)20-11-9-14-5-2-3-8-17(14)20/h2-8,13H,9-12H2,1H3,(H,19,21). The third kappa shape index (κ3) is 4.30. The van der Waals surface area contributed by atoms with Crippen molar-refractivity contribution in [1.29, 1.82) is 0 Å². The maximum atomic E-state index is 12.6. The molecule has 144 valence electrons. The van der Waals surface area contributed by atoms with Gasteiger partial charge in [0, 0.05) is 24.9 Å². The number of carbonyl (C=O) groups is 1. The van der Waals surface area contributed by atoms with Gasteiger partial charge in [0.2, 0.25) is 10.0 Å². The van der Waals surface area contributed by atoms with Crippen molar-refractivity contribution in [2.24, 2.45) is 0 Å². The zero-order chi connectivity index (χ0) is 19.7. The SMILES string of the molecule is CS(=O)(=O)c1cccc(C(=O)NCCS(=O)(=O)N2CCc3ccccc32)c1. The van der Waals surface area contributed by atoms with E-state index in [0.717, 1.165) is 11.8 Å². The molecule has 2 aromatic carbocycles. The molecule has 1 N–H and O–H groups in total. The Hall–Kier alpha value is -2.39. The molecule has 7 nitrogen and oxygen atoms in total. The minimum atomic E-state index is -3.56. The average Bonchev–Trinajstić information content (AvgIpc) is 3.06. The van der Waals surface area contributed by atoms with Crippen molar-refractivity contribution in [3.63, 3.8) is 0 Å². The lowest BCUT2D eigenvalue weighted by molar-refractivity contribution is 0.0956. The van der Waals surface area contributed by atoms with Crippen molar-refractivity contribution in [3.05, 3.63) is 59.7 Å². The summed E-state index contributed by atoms with van der Waals surface area (Å²) in [6, 6.07) is 13.0. The van der Waals surface area contributed by atoms with Crippen LogP contribution in [0.3, 0.4) is 0 Å². The molecule has 3 rings (SSSR count). The molecule has 2 aromatic rings. The van der Waals surface area contributed by atoms with Gasteiger partial charge in [-0.1, -0.05) is 24.3 Å². The highest BCUT2D eigenvalue weighted by Crippen LogP contribution is 2.29. The minimum absolute atomic E-state index is 0.0384. The lowest BCUT2D eigenvalue weighted by Crippen LogP contribution is -2.37. The molecule has 0 radical (unpaired) electrons.